The predicted octanol–water partition coefficient (Wildman–Crippen LogP) is 2.90. The summed E-state index contributed by atoms with van der Waals surface area (Å²) >= 11 is 5.25. The number of aromatic nitrogens is 4. The van der Waals surface area contributed by atoms with E-state index in [4.69, 9.17) is 21.7 Å². The standard InChI is InChI=1S/C16H15N5O2S/c1-22-13-4-3-12(14(9-13)23-2)10-18-21-15(19-20-16(21)24)11-5-7-17-8-6-11/h3-10H,1-2H3,(H,20,24). The minimum absolute atomic E-state index is 0.394. The van der Waals surface area contributed by atoms with Crippen LogP contribution in [0.1, 0.15) is 5.56 Å². The Labute approximate surface area is 143 Å². The molecule has 0 spiro atoms. The summed E-state index contributed by atoms with van der Waals surface area (Å²) in [5, 5.41) is 11.4. The quantitative estimate of drug-likeness (QED) is 0.570. The predicted molar refractivity (Wildman–Crippen MR) is 93.2 cm³/mol. The molecule has 0 aliphatic heterocycles. The second-order valence-electron chi connectivity index (χ2n) is 4.75. The number of H-pyrrole nitrogens is 1. The summed E-state index contributed by atoms with van der Waals surface area (Å²) in [4.78, 5) is 4.00. The van der Waals surface area contributed by atoms with Crippen LogP contribution < -0.4 is 9.47 Å². The topological polar surface area (TPSA) is 77.3 Å². The van der Waals surface area contributed by atoms with Crippen LogP contribution in [0.15, 0.2) is 47.8 Å². The van der Waals surface area contributed by atoms with Gasteiger partial charge in [0, 0.05) is 29.6 Å². The van der Waals surface area contributed by atoms with E-state index in [2.05, 4.69) is 20.3 Å². The summed E-state index contributed by atoms with van der Waals surface area (Å²) in [6, 6.07) is 9.16. The first-order chi connectivity index (χ1) is 11.7. The van der Waals surface area contributed by atoms with Crippen molar-refractivity contribution in [1.82, 2.24) is 19.9 Å². The molecule has 0 aliphatic carbocycles. The van der Waals surface area contributed by atoms with Gasteiger partial charge in [0.25, 0.3) is 0 Å². The zero-order chi connectivity index (χ0) is 16.9. The Balaban J connectivity index is 1.99. The molecule has 0 atom stereocenters. The number of nitrogens with zero attached hydrogens (tertiary/aromatic N) is 4. The highest BCUT2D eigenvalue weighted by Crippen LogP contribution is 2.23. The molecule has 0 radical (unpaired) electrons. The van der Waals surface area contributed by atoms with Gasteiger partial charge in [0.15, 0.2) is 5.82 Å². The van der Waals surface area contributed by atoms with Gasteiger partial charge in [-0.1, -0.05) is 0 Å². The van der Waals surface area contributed by atoms with Crippen LogP contribution in [0, 0.1) is 4.77 Å². The smallest absolute Gasteiger partial charge is 0.216 e. The third-order valence-electron chi connectivity index (χ3n) is 3.34. The molecule has 0 saturated heterocycles. The van der Waals surface area contributed by atoms with E-state index in [1.165, 1.54) is 0 Å². The lowest BCUT2D eigenvalue weighted by Crippen LogP contribution is -1.97. The maximum absolute atomic E-state index is 5.36. The minimum atomic E-state index is 0.394. The molecule has 24 heavy (non-hydrogen) atoms. The largest absolute Gasteiger partial charge is 0.497 e. The van der Waals surface area contributed by atoms with Gasteiger partial charge in [-0.05, 0) is 36.5 Å². The Morgan fingerprint density at radius 2 is 1.96 bits per heavy atom. The van der Waals surface area contributed by atoms with Gasteiger partial charge < -0.3 is 9.47 Å². The summed E-state index contributed by atoms with van der Waals surface area (Å²) < 4.78 is 12.5. The van der Waals surface area contributed by atoms with Crippen LogP contribution in [0.5, 0.6) is 11.5 Å². The van der Waals surface area contributed by atoms with E-state index in [9.17, 15) is 0 Å². The fraction of sp³-hybridized carbons (Fsp3) is 0.125. The monoisotopic (exact) mass is 341 g/mol. The van der Waals surface area contributed by atoms with E-state index >= 15 is 0 Å². The molecule has 8 heteroatoms. The Morgan fingerprint density at radius 3 is 2.67 bits per heavy atom. The van der Waals surface area contributed by atoms with E-state index < -0.39 is 0 Å². The second-order valence-corrected chi connectivity index (χ2v) is 5.14. The number of aromatic amines is 1. The van der Waals surface area contributed by atoms with Gasteiger partial charge in [-0.15, -0.1) is 0 Å². The van der Waals surface area contributed by atoms with E-state index in [1.54, 1.807) is 43.6 Å². The lowest BCUT2D eigenvalue weighted by molar-refractivity contribution is 0.394. The first kappa shape index (κ1) is 15.9. The first-order valence-electron chi connectivity index (χ1n) is 7.07. The summed E-state index contributed by atoms with van der Waals surface area (Å²) in [5.74, 6) is 1.96. The molecule has 0 fully saturated rings. The average molecular weight is 341 g/mol. The molecule has 3 aromatic rings. The van der Waals surface area contributed by atoms with Crippen molar-refractivity contribution < 1.29 is 9.47 Å². The molecule has 0 bridgehead atoms. The number of pyridine rings is 1. The van der Waals surface area contributed by atoms with Crippen molar-refractivity contribution in [2.24, 2.45) is 5.10 Å². The lowest BCUT2D eigenvalue weighted by Gasteiger charge is -2.07. The van der Waals surface area contributed by atoms with Gasteiger partial charge >= 0.3 is 0 Å². The van der Waals surface area contributed by atoms with Crippen molar-refractivity contribution in [2.45, 2.75) is 0 Å². The fourth-order valence-electron chi connectivity index (χ4n) is 2.13. The highest BCUT2D eigenvalue weighted by Gasteiger charge is 2.08. The molecule has 0 amide bonds. The van der Waals surface area contributed by atoms with Gasteiger partial charge in [0.05, 0.1) is 20.4 Å². The SMILES string of the molecule is COc1ccc(C=Nn2c(-c3ccncc3)n[nH]c2=S)c(OC)c1. The van der Waals surface area contributed by atoms with E-state index in [0.29, 0.717) is 22.1 Å². The number of hydrogen-bond acceptors (Lipinski definition) is 6. The molecular weight excluding hydrogens is 326 g/mol. The van der Waals surface area contributed by atoms with Crippen molar-refractivity contribution >= 4 is 18.4 Å². The van der Waals surface area contributed by atoms with Crippen molar-refractivity contribution in [3.05, 3.63) is 53.1 Å². The summed E-state index contributed by atoms with van der Waals surface area (Å²) in [6.07, 6.45) is 5.04. The number of hydrogen-bond donors (Lipinski definition) is 1. The van der Waals surface area contributed by atoms with Gasteiger partial charge in [0.2, 0.25) is 4.77 Å². The molecule has 1 aromatic carbocycles. The third-order valence-corrected chi connectivity index (χ3v) is 3.61. The van der Waals surface area contributed by atoms with Crippen molar-refractivity contribution in [3.8, 4) is 22.9 Å². The van der Waals surface area contributed by atoms with E-state index in [0.717, 1.165) is 11.1 Å². The molecule has 2 aromatic heterocycles. The van der Waals surface area contributed by atoms with Crippen LogP contribution >= 0.6 is 12.2 Å². The lowest BCUT2D eigenvalue weighted by atomic mass is 10.2. The Kier molecular flexibility index (Phi) is 4.66. The highest BCUT2D eigenvalue weighted by atomic mass is 32.1. The number of benzene rings is 1. The Hall–Kier alpha value is -3.00. The van der Waals surface area contributed by atoms with Crippen LogP contribution in [0.4, 0.5) is 0 Å². The Morgan fingerprint density at radius 1 is 1.17 bits per heavy atom. The van der Waals surface area contributed by atoms with E-state index in [-0.39, 0.29) is 0 Å². The zero-order valence-electron chi connectivity index (χ0n) is 13.1. The molecule has 0 unspecified atom stereocenters. The fourth-order valence-corrected chi connectivity index (χ4v) is 2.31. The average Bonchev–Trinajstić information content (AvgIpc) is 3.01. The molecule has 3 rings (SSSR count). The van der Waals surface area contributed by atoms with Gasteiger partial charge in [-0.2, -0.15) is 14.9 Å². The summed E-state index contributed by atoms with van der Waals surface area (Å²) in [5.41, 5.74) is 1.65. The maximum atomic E-state index is 5.36. The van der Waals surface area contributed by atoms with Gasteiger partial charge in [0.1, 0.15) is 11.5 Å². The van der Waals surface area contributed by atoms with Crippen LogP contribution in [-0.4, -0.2) is 40.3 Å². The zero-order valence-corrected chi connectivity index (χ0v) is 13.9. The molecule has 0 saturated carbocycles. The van der Waals surface area contributed by atoms with Gasteiger partial charge in [-0.25, -0.2) is 5.10 Å². The van der Waals surface area contributed by atoms with Crippen LogP contribution in [0.25, 0.3) is 11.4 Å². The molecule has 7 nitrogen and oxygen atoms in total. The highest BCUT2D eigenvalue weighted by molar-refractivity contribution is 7.71. The number of methoxy groups -OCH3 is 2. The summed E-state index contributed by atoms with van der Waals surface area (Å²) in [6.45, 7) is 0. The molecule has 2 heterocycles. The maximum Gasteiger partial charge on any atom is 0.216 e. The Bertz CT molecular complexity index is 918. The van der Waals surface area contributed by atoms with Crippen molar-refractivity contribution in [1.29, 1.82) is 0 Å². The van der Waals surface area contributed by atoms with Crippen molar-refractivity contribution in [3.63, 3.8) is 0 Å². The molecule has 0 aliphatic rings. The van der Waals surface area contributed by atoms with Gasteiger partial charge in [-0.3, -0.25) is 4.98 Å². The molecule has 122 valence electrons. The van der Waals surface area contributed by atoms with Crippen LogP contribution in [0.3, 0.4) is 0 Å². The van der Waals surface area contributed by atoms with Crippen LogP contribution in [-0.2, 0) is 0 Å². The minimum Gasteiger partial charge on any atom is -0.497 e. The second kappa shape index (κ2) is 7.05. The normalized spacial score (nSPS) is 10.9. The number of nitrogens with one attached hydrogen (secondary N) is 1. The molecule has 1 N–H and O–H groups in total. The third kappa shape index (κ3) is 3.18. The number of rotatable bonds is 5. The van der Waals surface area contributed by atoms with Crippen molar-refractivity contribution in [2.75, 3.05) is 14.2 Å². The van der Waals surface area contributed by atoms with Crippen LogP contribution in [0.2, 0.25) is 0 Å². The summed E-state index contributed by atoms with van der Waals surface area (Å²) in [7, 11) is 3.20. The first-order valence-corrected chi connectivity index (χ1v) is 7.48. The van der Waals surface area contributed by atoms with E-state index in [1.807, 2.05) is 24.3 Å². The molecular formula is C16H15N5O2S. The number of ether oxygens (including phenoxy) is 2.